The number of benzene rings is 2. The summed E-state index contributed by atoms with van der Waals surface area (Å²) in [6, 6.07) is 21.5. The highest BCUT2D eigenvalue weighted by molar-refractivity contribution is 9.11. The third-order valence-corrected chi connectivity index (χ3v) is 13.8. The Bertz CT molecular complexity index is 1180. The molecule has 0 bridgehead atoms. The van der Waals surface area contributed by atoms with Crippen molar-refractivity contribution in [3.63, 3.8) is 0 Å². The first kappa shape index (κ1) is 21.7. The summed E-state index contributed by atoms with van der Waals surface area (Å²) in [5.74, 6) is 7.30. The van der Waals surface area contributed by atoms with Gasteiger partial charge in [-0.25, -0.2) is 0 Å². The number of hydrogen-bond donors (Lipinski definition) is 0. The predicted molar refractivity (Wildman–Crippen MR) is 141 cm³/mol. The molecule has 4 heteroatoms. The lowest BCUT2D eigenvalue weighted by atomic mass is 10.2. The molecule has 0 radical (unpaired) electrons. The summed E-state index contributed by atoms with van der Waals surface area (Å²) < 4.78 is 2.59. The normalized spacial score (nSPS) is 11.9. The van der Waals surface area contributed by atoms with Gasteiger partial charge in [-0.05, 0) is 81.8 Å². The third kappa shape index (κ3) is 3.79. The number of halogens is 2. The van der Waals surface area contributed by atoms with Crippen molar-refractivity contribution in [1.82, 2.24) is 0 Å². The van der Waals surface area contributed by atoms with Crippen LogP contribution in [0.25, 0.3) is 10.6 Å². The Hall–Kier alpha value is -1.48. The summed E-state index contributed by atoms with van der Waals surface area (Å²) in [4.78, 5) is 0. The van der Waals surface area contributed by atoms with Crippen molar-refractivity contribution >= 4 is 46.9 Å². The molecule has 0 amide bonds. The first-order chi connectivity index (χ1) is 14.4. The van der Waals surface area contributed by atoms with E-state index in [0.29, 0.717) is 0 Å². The molecule has 0 spiro atoms. The predicted octanol–water partition coefficient (Wildman–Crippen LogP) is 9.80. The molecule has 0 aliphatic carbocycles. The van der Waals surface area contributed by atoms with Crippen LogP contribution in [0.1, 0.15) is 32.8 Å². The zero-order valence-corrected chi connectivity index (χ0v) is 22.4. The summed E-state index contributed by atoms with van der Waals surface area (Å²) in [7, 11) is -1.21. The SMILES string of the molecule is Cc1c(C)c(C#Cc2c(C)c(C)c(Br)p2-c2ccccc2)p(-c2ccccc2)c1Br. The van der Waals surface area contributed by atoms with Gasteiger partial charge in [-0.2, -0.15) is 0 Å². The van der Waals surface area contributed by atoms with E-state index in [9.17, 15) is 0 Å². The third-order valence-electron chi connectivity index (χ3n) is 5.62. The molecule has 0 N–H and O–H groups in total. The fourth-order valence-electron chi connectivity index (χ4n) is 3.59. The minimum Gasteiger partial charge on any atom is -0.0622 e. The van der Waals surface area contributed by atoms with Crippen LogP contribution in [-0.4, -0.2) is 0 Å². The molecule has 2 aromatic carbocycles. The van der Waals surface area contributed by atoms with Gasteiger partial charge >= 0.3 is 0 Å². The van der Waals surface area contributed by atoms with Crippen molar-refractivity contribution in [2.24, 2.45) is 0 Å². The second kappa shape index (κ2) is 8.94. The first-order valence-corrected chi connectivity index (χ1v) is 14.1. The molecule has 150 valence electrons. The van der Waals surface area contributed by atoms with Gasteiger partial charge in [0, 0.05) is 19.0 Å². The molecule has 0 fully saturated rings. The summed E-state index contributed by atoms with van der Waals surface area (Å²) in [5, 5.41) is 5.23. The molecule has 2 unspecified atom stereocenters. The molecule has 0 nitrogen and oxygen atoms in total. The molecule has 2 aromatic heterocycles. The van der Waals surface area contributed by atoms with Crippen LogP contribution in [0.5, 0.6) is 0 Å². The Labute approximate surface area is 198 Å². The Morgan fingerprint density at radius 3 is 1.20 bits per heavy atom. The molecule has 4 aromatic rings. The minimum absolute atomic E-state index is 0.607. The fraction of sp³-hybridized carbons (Fsp3) is 0.154. The molecule has 0 aliphatic heterocycles. The van der Waals surface area contributed by atoms with E-state index in [1.165, 1.54) is 51.9 Å². The van der Waals surface area contributed by atoms with E-state index in [1.54, 1.807) is 0 Å². The van der Waals surface area contributed by atoms with Crippen molar-refractivity contribution in [2.75, 3.05) is 0 Å². The van der Waals surface area contributed by atoms with Crippen molar-refractivity contribution in [2.45, 2.75) is 27.7 Å². The molecule has 2 atom stereocenters. The lowest BCUT2D eigenvalue weighted by Crippen LogP contribution is -1.79. The van der Waals surface area contributed by atoms with E-state index in [1.807, 2.05) is 0 Å². The van der Waals surface area contributed by atoms with Gasteiger partial charge in [-0.3, -0.25) is 0 Å². The van der Waals surface area contributed by atoms with E-state index in [-0.39, 0.29) is 0 Å². The summed E-state index contributed by atoms with van der Waals surface area (Å²) in [6.45, 7) is 8.82. The molecule has 0 aliphatic rings. The van der Waals surface area contributed by atoms with Gasteiger partial charge in [-0.15, -0.1) is 0 Å². The smallest absolute Gasteiger partial charge is 0.0528 e. The van der Waals surface area contributed by atoms with Crippen LogP contribution in [0.2, 0.25) is 0 Å². The maximum absolute atomic E-state index is 3.90. The van der Waals surface area contributed by atoms with Crippen molar-refractivity contribution in [3.8, 4) is 22.4 Å². The molecule has 0 saturated heterocycles. The van der Waals surface area contributed by atoms with E-state index in [2.05, 4.69) is 132 Å². The average Bonchev–Trinajstić information content (AvgIpc) is 3.12. The highest BCUT2D eigenvalue weighted by Gasteiger charge is 2.19. The molecule has 30 heavy (non-hydrogen) atoms. The van der Waals surface area contributed by atoms with Crippen molar-refractivity contribution in [1.29, 1.82) is 0 Å². The van der Waals surface area contributed by atoms with Crippen LogP contribution in [0.4, 0.5) is 0 Å². The van der Waals surface area contributed by atoms with E-state index in [0.717, 1.165) is 0 Å². The monoisotopic (exact) mass is 554 g/mol. The van der Waals surface area contributed by atoms with Gasteiger partial charge in [0.1, 0.15) is 0 Å². The maximum atomic E-state index is 3.90. The zero-order chi connectivity index (χ0) is 21.4. The maximum Gasteiger partial charge on any atom is 0.0528 e. The second-order valence-corrected chi connectivity index (χ2v) is 14.3. The number of hydrogen-bond acceptors (Lipinski definition) is 0. The molecule has 2 heterocycles. The summed E-state index contributed by atoms with van der Waals surface area (Å²) in [5.41, 5.74) is 5.28. The molecular weight excluding hydrogens is 534 g/mol. The van der Waals surface area contributed by atoms with E-state index >= 15 is 0 Å². The van der Waals surface area contributed by atoms with Crippen molar-refractivity contribution < 1.29 is 0 Å². The van der Waals surface area contributed by atoms with Crippen LogP contribution in [0.15, 0.2) is 69.1 Å². The van der Waals surface area contributed by atoms with Crippen molar-refractivity contribution in [3.05, 3.63) is 102 Å². The minimum atomic E-state index is -0.607. The van der Waals surface area contributed by atoms with Gasteiger partial charge in [-0.1, -0.05) is 87.6 Å². The average molecular weight is 556 g/mol. The molecule has 4 rings (SSSR count). The van der Waals surface area contributed by atoms with Gasteiger partial charge in [0.2, 0.25) is 0 Å². The highest BCUT2D eigenvalue weighted by Crippen LogP contribution is 2.56. The number of rotatable bonds is 2. The topological polar surface area (TPSA) is 0 Å². The standard InChI is InChI=1S/C26H22Br2P2/c1-17-19(3)25(27)29(21-11-7-5-8-12-21)23(17)15-16-24-18(2)20(4)26(28)30(24)22-13-9-6-10-14-22/h5-14H,1-4H3. The van der Waals surface area contributed by atoms with Gasteiger partial charge in [0.05, 0.1) is 10.6 Å². The first-order valence-electron chi connectivity index (χ1n) is 9.79. The molecular formula is C26H22Br2P2. The van der Waals surface area contributed by atoms with Gasteiger partial charge < -0.3 is 0 Å². The van der Waals surface area contributed by atoms with Gasteiger partial charge in [0.25, 0.3) is 0 Å². The van der Waals surface area contributed by atoms with Gasteiger partial charge in [0.15, 0.2) is 0 Å². The Morgan fingerprint density at radius 1 is 0.533 bits per heavy atom. The molecule has 0 saturated carbocycles. The second-order valence-electron chi connectivity index (χ2n) is 7.37. The highest BCUT2D eigenvalue weighted by atomic mass is 79.9. The summed E-state index contributed by atoms with van der Waals surface area (Å²) >= 11 is 7.79. The van der Waals surface area contributed by atoms with Crippen LogP contribution >= 0.6 is 46.9 Å². The van der Waals surface area contributed by atoms with Crippen LogP contribution in [-0.2, 0) is 0 Å². The van der Waals surface area contributed by atoms with E-state index < -0.39 is 15.1 Å². The lowest BCUT2D eigenvalue weighted by Gasteiger charge is -2.05. The summed E-state index contributed by atoms with van der Waals surface area (Å²) in [6.07, 6.45) is 0. The van der Waals surface area contributed by atoms with Crippen LogP contribution < -0.4 is 0 Å². The lowest BCUT2D eigenvalue weighted by molar-refractivity contribution is 1.37. The quantitative estimate of drug-likeness (QED) is 0.216. The zero-order valence-electron chi connectivity index (χ0n) is 17.4. The largest absolute Gasteiger partial charge is 0.0622 e. The fourth-order valence-corrected chi connectivity index (χ4v) is 11.1. The van der Waals surface area contributed by atoms with Crippen LogP contribution in [0, 0.1) is 39.5 Å². The Kier molecular flexibility index (Phi) is 6.48. The van der Waals surface area contributed by atoms with Crippen LogP contribution in [0.3, 0.4) is 0 Å². The van der Waals surface area contributed by atoms with E-state index in [4.69, 9.17) is 0 Å². The Morgan fingerprint density at radius 2 is 0.867 bits per heavy atom. The Balaban J connectivity index is 1.94.